The lowest BCUT2D eigenvalue weighted by molar-refractivity contribution is -0.870. The summed E-state index contributed by atoms with van der Waals surface area (Å²) in [7, 11) is 1.37. The van der Waals surface area contributed by atoms with E-state index in [1.54, 1.807) is 0 Å². The van der Waals surface area contributed by atoms with Gasteiger partial charge in [-0.2, -0.15) is 0 Å². The molecule has 2 atom stereocenters. The molecule has 0 aliphatic carbocycles. The molecule has 0 fully saturated rings. The van der Waals surface area contributed by atoms with Gasteiger partial charge in [0, 0.05) is 13.0 Å². The lowest BCUT2D eigenvalue weighted by Crippen LogP contribution is -2.37. The number of allylic oxidation sites excluding steroid dienone is 6. The molecular formula is C62H120NO7P. The first-order valence-corrected chi connectivity index (χ1v) is 32.2. The van der Waals surface area contributed by atoms with Crippen LogP contribution < -0.4 is 4.89 Å². The second-order valence-electron chi connectivity index (χ2n) is 22.1. The molecule has 0 radical (unpaired) electrons. The number of nitrogens with zero attached hydrogens (tertiary/aromatic N) is 1. The summed E-state index contributed by atoms with van der Waals surface area (Å²) in [6.45, 7) is 5.46. The monoisotopic (exact) mass is 1020 g/mol. The number of carbonyl (C=O) groups excluding carboxylic acids is 1. The minimum atomic E-state index is -4.54. The summed E-state index contributed by atoms with van der Waals surface area (Å²) in [5.74, 6) is -0.329. The number of quaternary nitrogens is 1. The summed E-state index contributed by atoms with van der Waals surface area (Å²) in [6.07, 6.45) is 69.1. The molecule has 420 valence electrons. The van der Waals surface area contributed by atoms with Crippen LogP contribution in [0.3, 0.4) is 0 Å². The summed E-state index contributed by atoms with van der Waals surface area (Å²) < 4.78 is 34.9. The van der Waals surface area contributed by atoms with Gasteiger partial charge in [-0.1, -0.05) is 256 Å². The molecule has 0 aliphatic heterocycles. The third-order valence-electron chi connectivity index (χ3n) is 13.7. The van der Waals surface area contributed by atoms with Crippen LogP contribution in [0.5, 0.6) is 0 Å². The van der Waals surface area contributed by atoms with Gasteiger partial charge in [0.2, 0.25) is 0 Å². The highest BCUT2D eigenvalue weighted by molar-refractivity contribution is 7.45. The van der Waals surface area contributed by atoms with Crippen molar-refractivity contribution in [3.05, 3.63) is 36.5 Å². The Kier molecular flexibility index (Phi) is 54.0. The molecule has 0 aromatic carbocycles. The summed E-state index contributed by atoms with van der Waals surface area (Å²) in [5, 5.41) is 0. The van der Waals surface area contributed by atoms with E-state index >= 15 is 0 Å². The van der Waals surface area contributed by atoms with E-state index in [-0.39, 0.29) is 25.8 Å². The molecular weight excluding hydrogens is 902 g/mol. The van der Waals surface area contributed by atoms with Gasteiger partial charge in [0.25, 0.3) is 7.82 Å². The zero-order chi connectivity index (χ0) is 51.9. The molecule has 0 amide bonds. The third kappa shape index (κ3) is 59.5. The molecule has 0 aliphatic rings. The Morgan fingerprint density at radius 1 is 0.437 bits per heavy atom. The molecule has 0 rings (SSSR count). The average molecular weight is 1020 g/mol. The highest BCUT2D eigenvalue weighted by Crippen LogP contribution is 2.38. The number of phosphoric acid groups is 1. The Morgan fingerprint density at radius 3 is 1.15 bits per heavy atom. The fourth-order valence-electron chi connectivity index (χ4n) is 8.93. The summed E-state index contributed by atoms with van der Waals surface area (Å²) in [5.41, 5.74) is 0. The van der Waals surface area contributed by atoms with Gasteiger partial charge in [-0.25, -0.2) is 0 Å². The minimum absolute atomic E-state index is 0.0272. The number of phosphoric ester groups is 1. The lowest BCUT2D eigenvalue weighted by atomic mass is 10.0. The fourth-order valence-corrected chi connectivity index (χ4v) is 9.66. The van der Waals surface area contributed by atoms with Crippen molar-refractivity contribution in [3.63, 3.8) is 0 Å². The number of hydrogen-bond acceptors (Lipinski definition) is 7. The number of likely N-dealkylation sites (N-methyl/N-ethyl adjacent to an activating group) is 1. The van der Waals surface area contributed by atoms with Gasteiger partial charge in [-0.3, -0.25) is 9.36 Å². The van der Waals surface area contributed by atoms with E-state index in [4.69, 9.17) is 18.5 Å². The summed E-state index contributed by atoms with van der Waals surface area (Å²) in [6, 6.07) is 0. The van der Waals surface area contributed by atoms with E-state index in [0.717, 1.165) is 38.5 Å². The fraction of sp³-hybridized carbons (Fsp3) is 0.887. The maximum Gasteiger partial charge on any atom is 0.306 e. The van der Waals surface area contributed by atoms with Crippen LogP contribution in [-0.2, 0) is 27.9 Å². The van der Waals surface area contributed by atoms with Gasteiger partial charge in [-0.05, 0) is 70.6 Å². The van der Waals surface area contributed by atoms with Crippen LogP contribution in [0.15, 0.2) is 36.5 Å². The van der Waals surface area contributed by atoms with E-state index < -0.39 is 13.9 Å². The first kappa shape index (κ1) is 69.7. The number of carbonyl (C=O) groups is 1. The molecule has 9 heteroatoms. The molecule has 0 aromatic rings. The highest BCUT2D eigenvalue weighted by atomic mass is 31.2. The van der Waals surface area contributed by atoms with E-state index in [0.29, 0.717) is 24.1 Å². The van der Waals surface area contributed by atoms with Crippen LogP contribution in [0.2, 0.25) is 0 Å². The van der Waals surface area contributed by atoms with Crippen LogP contribution in [0.1, 0.15) is 296 Å². The molecule has 2 unspecified atom stereocenters. The number of hydrogen-bond donors (Lipinski definition) is 0. The second kappa shape index (κ2) is 55.0. The van der Waals surface area contributed by atoms with Crippen molar-refractivity contribution in [2.24, 2.45) is 0 Å². The van der Waals surface area contributed by atoms with Crippen LogP contribution in [-0.4, -0.2) is 70.7 Å². The largest absolute Gasteiger partial charge is 0.756 e. The standard InChI is InChI=1S/C62H120NO7P/c1-6-8-10-12-14-16-18-20-22-24-26-28-30-32-33-35-37-39-41-43-45-47-49-51-53-55-62(64)70-61(60-69-71(65,66)68-58-56-63(3,4)5)59-67-57-54-52-50-48-46-44-42-40-38-36-34-31-29-27-25-23-21-19-17-15-13-11-9-7-2/h19,21,24-27,61H,6-18,20,22-23,28-60H2,1-5H3/b21-19-,26-24-,27-25-. The van der Waals surface area contributed by atoms with Gasteiger partial charge in [0.1, 0.15) is 19.3 Å². The second-order valence-corrected chi connectivity index (χ2v) is 23.5. The topological polar surface area (TPSA) is 94.1 Å². The summed E-state index contributed by atoms with van der Waals surface area (Å²) in [4.78, 5) is 25.3. The summed E-state index contributed by atoms with van der Waals surface area (Å²) >= 11 is 0. The predicted molar refractivity (Wildman–Crippen MR) is 305 cm³/mol. The van der Waals surface area contributed by atoms with Crippen LogP contribution in [0.25, 0.3) is 0 Å². The highest BCUT2D eigenvalue weighted by Gasteiger charge is 2.20. The Morgan fingerprint density at radius 2 is 0.775 bits per heavy atom. The average Bonchev–Trinajstić information content (AvgIpc) is 3.33. The lowest BCUT2D eigenvalue weighted by Gasteiger charge is -2.28. The van der Waals surface area contributed by atoms with Gasteiger partial charge in [0.15, 0.2) is 0 Å². The first-order valence-electron chi connectivity index (χ1n) is 30.7. The van der Waals surface area contributed by atoms with Crippen LogP contribution in [0, 0.1) is 0 Å². The van der Waals surface area contributed by atoms with Gasteiger partial charge >= 0.3 is 5.97 Å². The Hall–Kier alpha value is -1.28. The first-order chi connectivity index (χ1) is 34.6. The maximum atomic E-state index is 12.8. The molecule has 0 saturated carbocycles. The maximum absolute atomic E-state index is 12.8. The number of ether oxygens (including phenoxy) is 2. The van der Waals surface area contributed by atoms with Crippen molar-refractivity contribution < 1.29 is 37.3 Å². The Bertz CT molecular complexity index is 1230. The van der Waals surface area contributed by atoms with Gasteiger partial charge < -0.3 is 27.9 Å². The van der Waals surface area contributed by atoms with E-state index in [1.807, 2.05) is 21.1 Å². The van der Waals surface area contributed by atoms with E-state index in [2.05, 4.69) is 50.3 Å². The third-order valence-corrected chi connectivity index (χ3v) is 14.6. The molecule has 0 saturated heterocycles. The van der Waals surface area contributed by atoms with E-state index in [9.17, 15) is 14.3 Å². The molecule has 0 N–H and O–H groups in total. The van der Waals surface area contributed by atoms with Crippen molar-refractivity contribution in [2.75, 3.05) is 54.1 Å². The molecule has 8 nitrogen and oxygen atoms in total. The number of unbranched alkanes of at least 4 members (excludes halogenated alkanes) is 38. The molecule has 0 bridgehead atoms. The number of rotatable bonds is 58. The minimum Gasteiger partial charge on any atom is -0.756 e. The Balaban J connectivity index is 4.02. The van der Waals surface area contributed by atoms with Gasteiger partial charge in [0.05, 0.1) is 34.4 Å². The Labute approximate surface area is 442 Å². The smallest absolute Gasteiger partial charge is 0.306 e. The van der Waals surface area contributed by atoms with Crippen LogP contribution >= 0.6 is 7.82 Å². The normalized spacial score (nSPS) is 13.6. The molecule has 0 heterocycles. The quantitative estimate of drug-likeness (QED) is 0.0197. The zero-order valence-corrected chi connectivity index (χ0v) is 48.8. The van der Waals surface area contributed by atoms with Gasteiger partial charge in [-0.15, -0.1) is 0 Å². The SMILES string of the molecule is CCCCCCC/C=C\C/C=C\CCCCCCCCCCCCCCOCC(COP(=O)([O-])OCC[N+](C)(C)C)OC(=O)CCCCCCCCCCCCCCC/C=C\CCCCCCCCCC. The van der Waals surface area contributed by atoms with Crippen molar-refractivity contribution in [1.29, 1.82) is 0 Å². The predicted octanol–water partition coefficient (Wildman–Crippen LogP) is 19.0. The van der Waals surface area contributed by atoms with E-state index in [1.165, 1.54) is 238 Å². The van der Waals surface area contributed by atoms with Crippen molar-refractivity contribution in [2.45, 2.75) is 302 Å². The van der Waals surface area contributed by atoms with Crippen LogP contribution in [0.4, 0.5) is 0 Å². The van der Waals surface area contributed by atoms with Crippen molar-refractivity contribution in [3.8, 4) is 0 Å². The number of esters is 1. The van der Waals surface area contributed by atoms with Crippen molar-refractivity contribution >= 4 is 13.8 Å². The van der Waals surface area contributed by atoms with Crippen molar-refractivity contribution in [1.82, 2.24) is 0 Å². The molecule has 0 spiro atoms. The molecule has 71 heavy (non-hydrogen) atoms. The molecule has 0 aromatic heterocycles. The zero-order valence-electron chi connectivity index (χ0n) is 47.9.